The molecule has 0 heterocycles. The molecule has 10 heteroatoms. The molecule has 0 fully saturated rings. The highest BCUT2D eigenvalue weighted by Crippen LogP contribution is 2.43. The van der Waals surface area contributed by atoms with Crippen molar-refractivity contribution in [2.75, 3.05) is 33.0 Å². The molecule has 0 rings (SSSR count). The van der Waals surface area contributed by atoms with Crippen LogP contribution < -0.4 is 0 Å². The van der Waals surface area contributed by atoms with E-state index in [4.69, 9.17) is 23.6 Å². The molecule has 9 nitrogen and oxygen atoms in total. The standard InChI is InChI=1S/C46H81O9P/c1-3-5-7-9-11-13-15-17-19-20-21-22-23-25-27-29-31-33-35-37-39-52-42-45(43-54-56(50,51)53-41-44(48)40-47)55-46(49)38-36-34-32-30-28-26-24-18-16-14-12-10-8-6-4-2/h6,8,12,14,17-19,24,28,30,34,36,44-45,47-48H,3-5,7,9-11,13,15-16,20-23,25-27,29,31-33,35,37-43H2,1-2H3,(H,50,51)/b8-6-,14-12-,19-17-,24-18-,30-28-,36-34-. The second kappa shape index (κ2) is 42.5. The molecule has 0 radical (unpaired) electrons. The molecule has 0 aliphatic rings. The van der Waals surface area contributed by atoms with Crippen LogP contribution in [-0.2, 0) is 27.9 Å². The van der Waals surface area contributed by atoms with E-state index >= 15 is 0 Å². The van der Waals surface area contributed by atoms with Gasteiger partial charge in [-0.2, -0.15) is 0 Å². The summed E-state index contributed by atoms with van der Waals surface area (Å²) in [5.41, 5.74) is 0. The minimum Gasteiger partial charge on any atom is -0.457 e. The zero-order valence-corrected chi connectivity index (χ0v) is 36.2. The number of carbonyl (C=O) groups excluding carboxylic acids is 1. The van der Waals surface area contributed by atoms with Crippen LogP contribution in [0.5, 0.6) is 0 Å². The average Bonchev–Trinajstić information content (AvgIpc) is 3.19. The van der Waals surface area contributed by atoms with Crippen LogP contribution in [0.15, 0.2) is 72.9 Å². The van der Waals surface area contributed by atoms with Crippen molar-refractivity contribution in [3.05, 3.63) is 72.9 Å². The molecular formula is C46H81O9P. The topological polar surface area (TPSA) is 132 Å². The van der Waals surface area contributed by atoms with E-state index in [0.29, 0.717) is 13.0 Å². The zero-order valence-electron chi connectivity index (χ0n) is 35.3. The van der Waals surface area contributed by atoms with Crippen LogP contribution in [0.1, 0.15) is 168 Å². The highest BCUT2D eigenvalue weighted by atomic mass is 31.2. The Balaban J connectivity index is 4.25. The summed E-state index contributed by atoms with van der Waals surface area (Å²) in [6.45, 7) is 3.26. The zero-order chi connectivity index (χ0) is 41.1. The second-order valence-corrected chi connectivity index (χ2v) is 15.8. The Morgan fingerprint density at radius 1 is 0.571 bits per heavy atom. The predicted molar refractivity (Wildman–Crippen MR) is 233 cm³/mol. The number of hydrogen-bond donors (Lipinski definition) is 3. The first kappa shape index (κ1) is 53.9. The van der Waals surface area contributed by atoms with Gasteiger partial charge in [0, 0.05) is 6.61 Å². The van der Waals surface area contributed by atoms with Crippen molar-refractivity contribution in [2.45, 2.75) is 180 Å². The number of ether oxygens (including phenoxy) is 2. The van der Waals surface area contributed by atoms with E-state index in [2.05, 4.69) is 68.5 Å². The number of aliphatic hydroxyl groups is 2. The first-order valence-electron chi connectivity index (χ1n) is 21.9. The van der Waals surface area contributed by atoms with E-state index in [9.17, 15) is 19.4 Å². The van der Waals surface area contributed by atoms with Crippen molar-refractivity contribution < 1.29 is 43.0 Å². The van der Waals surface area contributed by atoms with E-state index in [1.54, 1.807) is 6.08 Å². The lowest BCUT2D eigenvalue weighted by atomic mass is 10.1. The fourth-order valence-corrected chi connectivity index (χ4v) is 6.39. The molecule has 0 amide bonds. The Morgan fingerprint density at radius 2 is 1.02 bits per heavy atom. The maximum atomic E-state index is 12.5. The van der Waals surface area contributed by atoms with E-state index in [0.717, 1.165) is 44.9 Å². The molecule has 0 aliphatic heterocycles. The van der Waals surface area contributed by atoms with Crippen molar-refractivity contribution >= 4 is 13.8 Å². The van der Waals surface area contributed by atoms with E-state index in [1.165, 1.54) is 96.3 Å². The molecule has 56 heavy (non-hydrogen) atoms. The summed E-state index contributed by atoms with van der Waals surface area (Å²) in [6, 6.07) is 0. The van der Waals surface area contributed by atoms with Gasteiger partial charge < -0.3 is 24.6 Å². The van der Waals surface area contributed by atoms with Gasteiger partial charge in [0.05, 0.1) is 32.8 Å². The minimum absolute atomic E-state index is 0.00554. The molecule has 3 unspecified atom stereocenters. The summed E-state index contributed by atoms with van der Waals surface area (Å²) >= 11 is 0. The molecule has 3 N–H and O–H groups in total. The summed E-state index contributed by atoms with van der Waals surface area (Å²) in [5.74, 6) is -0.511. The molecule has 324 valence electrons. The lowest BCUT2D eigenvalue weighted by Crippen LogP contribution is -2.28. The van der Waals surface area contributed by atoms with E-state index < -0.39 is 45.8 Å². The highest BCUT2D eigenvalue weighted by molar-refractivity contribution is 7.47. The smallest absolute Gasteiger partial charge is 0.457 e. The highest BCUT2D eigenvalue weighted by Gasteiger charge is 2.26. The van der Waals surface area contributed by atoms with Crippen LogP contribution >= 0.6 is 7.82 Å². The Kier molecular flexibility index (Phi) is 40.9. The Bertz CT molecular complexity index is 1100. The minimum atomic E-state index is -4.55. The van der Waals surface area contributed by atoms with Gasteiger partial charge in [0.25, 0.3) is 0 Å². The summed E-state index contributed by atoms with van der Waals surface area (Å²) in [5, 5.41) is 18.3. The maximum absolute atomic E-state index is 12.5. The number of esters is 1. The molecule has 0 aromatic carbocycles. The molecule has 0 saturated carbocycles. The average molecular weight is 809 g/mol. The van der Waals surface area contributed by atoms with Gasteiger partial charge in [-0.3, -0.25) is 13.8 Å². The van der Waals surface area contributed by atoms with Crippen molar-refractivity contribution in [1.82, 2.24) is 0 Å². The number of aliphatic hydroxyl groups excluding tert-OH is 2. The number of phosphoric acid groups is 1. The van der Waals surface area contributed by atoms with Crippen LogP contribution in [0.4, 0.5) is 0 Å². The van der Waals surface area contributed by atoms with Gasteiger partial charge in [0.15, 0.2) is 0 Å². The predicted octanol–water partition coefficient (Wildman–Crippen LogP) is 12.1. The first-order chi connectivity index (χ1) is 27.3. The maximum Gasteiger partial charge on any atom is 0.472 e. The van der Waals surface area contributed by atoms with Crippen LogP contribution in [0.2, 0.25) is 0 Å². The number of allylic oxidation sites excluding steroid dienone is 11. The van der Waals surface area contributed by atoms with Crippen molar-refractivity contribution in [3.8, 4) is 0 Å². The van der Waals surface area contributed by atoms with Crippen LogP contribution in [0.25, 0.3) is 0 Å². The molecule has 0 saturated heterocycles. The normalized spacial score (nSPS) is 14.7. The van der Waals surface area contributed by atoms with Gasteiger partial charge in [-0.25, -0.2) is 4.57 Å². The summed E-state index contributed by atoms with van der Waals surface area (Å²) < 4.78 is 33.2. The molecule has 0 aromatic rings. The summed E-state index contributed by atoms with van der Waals surface area (Å²) in [7, 11) is -4.55. The van der Waals surface area contributed by atoms with Crippen LogP contribution in [0.3, 0.4) is 0 Å². The van der Waals surface area contributed by atoms with Crippen LogP contribution in [-0.4, -0.2) is 66.3 Å². The van der Waals surface area contributed by atoms with Gasteiger partial charge >= 0.3 is 13.8 Å². The molecule has 3 atom stereocenters. The number of hydrogen-bond acceptors (Lipinski definition) is 8. The van der Waals surface area contributed by atoms with E-state index in [1.807, 2.05) is 12.2 Å². The Labute approximate surface area is 342 Å². The molecule has 0 aromatic heterocycles. The Hall–Kier alpha value is -2.10. The first-order valence-corrected chi connectivity index (χ1v) is 23.4. The summed E-state index contributed by atoms with van der Waals surface area (Å²) in [6.07, 6.45) is 50.4. The fraction of sp³-hybridized carbons (Fsp3) is 0.717. The molecule has 0 spiro atoms. The summed E-state index contributed by atoms with van der Waals surface area (Å²) in [4.78, 5) is 22.5. The third kappa shape index (κ3) is 41.5. The third-order valence-corrected chi connectivity index (χ3v) is 9.86. The van der Waals surface area contributed by atoms with Crippen molar-refractivity contribution in [1.29, 1.82) is 0 Å². The van der Waals surface area contributed by atoms with Gasteiger partial charge in [0.2, 0.25) is 0 Å². The number of rotatable bonds is 41. The van der Waals surface area contributed by atoms with Crippen molar-refractivity contribution in [3.63, 3.8) is 0 Å². The van der Waals surface area contributed by atoms with Crippen molar-refractivity contribution in [2.24, 2.45) is 0 Å². The largest absolute Gasteiger partial charge is 0.472 e. The van der Waals surface area contributed by atoms with Gasteiger partial charge in [-0.15, -0.1) is 0 Å². The third-order valence-electron chi connectivity index (χ3n) is 8.91. The molecule has 0 bridgehead atoms. The van der Waals surface area contributed by atoms with Gasteiger partial charge in [-0.1, -0.05) is 170 Å². The quantitative estimate of drug-likeness (QED) is 0.0239. The number of unbranched alkanes of at least 4 members (excludes halogenated alkanes) is 16. The number of phosphoric ester groups is 1. The second-order valence-electron chi connectivity index (χ2n) is 14.3. The molecular weight excluding hydrogens is 727 g/mol. The lowest BCUT2D eigenvalue weighted by molar-refractivity contribution is -0.153. The van der Waals surface area contributed by atoms with Gasteiger partial charge in [-0.05, 0) is 64.2 Å². The fourth-order valence-electron chi connectivity index (χ4n) is 5.60. The lowest BCUT2D eigenvalue weighted by Gasteiger charge is -2.20. The van der Waals surface area contributed by atoms with Crippen LogP contribution in [0, 0.1) is 0 Å². The molecule has 0 aliphatic carbocycles. The van der Waals surface area contributed by atoms with Gasteiger partial charge in [0.1, 0.15) is 12.2 Å². The Morgan fingerprint density at radius 3 is 1.52 bits per heavy atom. The number of carbonyl (C=O) groups is 1. The SMILES string of the molecule is CC/C=C\C/C=C\C/C=C\C/C=C\C/C=C\CC(=O)OC(COCCCCCCCCCCCC/C=C\CCCCCCCC)COP(=O)(O)OCC(O)CO. The monoisotopic (exact) mass is 809 g/mol. The van der Waals surface area contributed by atoms with E-state index in [-0.39, 0.29) is 13.0 Å².